The molecule has 6 heteroatoms. The van der Waals surface area contributed by atoms with Crippen molar-refractivity contribution in [3.63, 3.8) is 0 Å². The zero-order valence-electron chi connectivity index (χ0n) is 12.3. The first kappa shape index (κ1) is 15.0. The number of nitrogens with zero attached hydrogens (tertiary/aromatic N) is 4. The van der Waals surface area contributed by atoms with Gasteiger partial charge in [0.05, 0.1) is 16.4 Å². The summed E-state index contributed by atoms with van der Waals surface area (Å²) in [5.41, 5.74) is 3.95. The Labute approximate surface area is 127 Å². The molecule has 0 saturated carbocycles. The Kier molecular flexibility index (Phi) is 4.42. The van der Waals surface area contributed by atoms with Crippen LogP contribution < -0.4 is 0 Å². The second-order valence-electron chi connectivity index (χ2n) is 4.85. The fraction of sp³-hybridized carbons (Fsp3) is 0.500. The minimum Gasteiger partial charge on any atom is -0.292 e. The number of aryl methyl sites for hydroxylation is 3. The minimum absolute atomic E-state index is 0.110. The predicted octanol–water partition coefficient (Wildman–Crippen LogP) is 2.83. The Morgan fingerprint density at radius 1 is 1.40 bits per heavy atom. The Morgan fingerprint density at radius 2 is 2.10 bits per heavy atom. The number of rotatable bonds is 5. The molecule has 0 aliphatic rings. The fourth-order valence-electron chi connectivity index (χ4n) is 2.42. The molecule has 0 atom stereocenters. The summed E-state index contributed by atoms with van der Waals surface area (Å²) in [4.78, 5) is 12.4. The van der Waals surface area contributed by atoms with Crippen molar-refractivity contribution in [2.45, 2.75) is 40.2 Å². The van der Waals surface area contributed by atoms with Crippen LogP contribution in [0.3, 0.4) is 0 Å². The van der Waals surface area contributed by atoms with Crippen LogP contribution in [0.15, 0.2) is 10.7 Å². The van der Waals surface area contributed by atoms with Gasteiger partial charge in [-0.05, 0) is 48.7 Å². The fourth-order valence-corrected chi connectivity index (χ4v) is 2.93. The van der Waals surface area contributed by atoms with Crippen molar-refractivity contribution in [1.29, 1.82) is 0 Å². The molecule has 0 aliphatic heterocycles. The van der Waals surface area contributed by atoms with Crippen LogP contribution in [0.5, 0.6) is 0 Å². The average molecular weight is 339 g/mol. The van der Waals surface area contributed by atoms with Crippen molar-refractivity contribution < 1.29 is 4.79 Å². The van der Waals surface area contributed by atoms with E-state index in [9.17, 15) is 4.79 Å². The van der Waals surface area contributed by atoms with E-state index in [0.717, 1.165) is 15.9 Å². The van der Waals surface area contributed by atoms with E-state index in [2.05, 4.69) is 26.1 Å². The molecular formula is C14H19BrN4O. The summed E-state index contributed by atoms with van der Waals surface area (Å²) in [6, 6.07) is 0. The number of carbonyl (C=O) groups excluding carboxylic acids is 1. The first-order valence-electron chi connectivity index (χ1n) is 6.69. The van der Waals surface area contributed by atoms with Crippen LogP contribution in [0.1, 0.15) is 40.8 Å². The van der Waals surface area contributed by atoms with Gasteiger partial charge in [-0.2, -0.15) is 10.2 Å². The van der Waals surface area contributed by atoms with Crippen LogP contribution in [0, 0.1) is 13.8 Å². The summed E-state index contributed by atoms with van der Waals surface area (Å²) >= 11 is 3.40. The maximum atomic E-state index is 12.4. The monoisotopic (exact) mass is 338 g/mol. The van der Waals surface area contributed by atoms with Gasteiger partial charge in [-0.3, -0.25) is 14.2 Å². The third-order valence-electron chi connectivity index (χ3n) is 3.62. The number of ketones is 1. The molecule has 0 saturated heterocycles. The van der Waals surface area contributed by atoms with Crippen LogP contribution in [0.4, 0.5) is 0 Å². The molecule has 0 amide bonds. The normalized spacial score (nSPS) is 11.1. The van der Waals surface area contributed by atoms with E-state index in [-0.39, 0.29) is 5.78 Å². The SMILES string of the molecule is CCn1ncc(Br)c1C(=O)CCc1c(C)nn(C)c1C. The standard InChI is InChI=1S/C14H19BrN4O/c1-5-19-14(12(15)8-16-19)13(20)7-6-11-9(2)17-18(4)10(11)3/h8H,5-7H2,1-4H3. The predicted molar refractivity (Wildman–Crippen MR) is 80.9 cm³/mol. The van der Waals surface area contributed by atoms with Crippen molar-refractivity contribution in [2.24, 2.45) is 7.05 Å². The molecule has 0 aromatic carbocycles. The quantitative estimate of drug-likeness (QED) is 0.787. The largest absolute Gasteiger partial charge is 0.292 e. The zero-order chi connectivity index (χ0) is 14.9. The average Bonchev–Trinajstić information content (AvgIpc) is 2.89. The number of Topliss-reactive ketones (excluding diaryl/α,β-unsaturated/α-hetero) is 1. The molecule has 0 bridgehead atoms. The number of carbonyl (C=O) groups is 1. The van der Waals surface area contributed by atoms with E-state index in [1.54, 1.807) is 10.9 Å². The van der Waals surface area contributed by atoms with E-state index >= 15 is 0 Å². The van der Waals surface area contributed by atoms with Gasteiger partial charge in [-0.15, -0.1) is 0 Å². The summed E-state index contributed by atoms with van der Waals surface area (Å²) in [6.45, 7) is 6.69. The van der Waals surface area contributed by atoms with Crippen LogP contribution in [-0.2, 0) is 20.0 Å². The number of hydrogen-bond acceptors (Lipinski definition) is 3. The molecule has 2 aromatic rings. The Bertz CT molecular complexity index is 642. The van der Waals surface area contributed by atoms with E-state index in [4.69, 9.17) is 0 Å². The molecule has 0 aliphatic carbocycles. The summed E-state index contributed by atoms with van der Waals surface area (Å²) < 4.78 is 4.36. The van der Waals surface area contributed by atoms with E-state index in [1.807, 2.05) is 32.5 Å². The third kappa shape index (κ3) is 2.70. The van der Waals surface area contributed by atoms with Crippen molar-refractivity contribution in [3.8, 4) is 0 Å². The van der Waals surface area contributed by atoms with Gasteiger partial charge in [0.15, 0.2) is 5.78 Å². The van der Waals surface area contributed by atoms with Gasteiger partial charge in [0, 0.05) is 25.7 Å². The van der Waals surface area contributed by atoms with Crippen molar-refractivity contribution in [2.75, 3.05) is 0 Å². The van der Waals surface area contributed by atoms with E-state index < -0.39 is 0 Å². The number of hydrogen-bond donors (Lipinski definition) is 0. The second kappa shape index (κ2) is 5.91. The number of halogens is 1. The Balaban J connectivity index is 2.15. The summed E-state index contributed by atoms with van der Waals surface area (Å²) in [6.07, 6.45) is 2.86. The lowest BCUT2D eigenvalue weighted by Gasteiger charge is -2.05. The smallest absolute Gasteiger partial charge is 0.182 e. The molecule has 0 radical (unpaired) electrons. The van der Waals surface area contributed by atoms with Gasteiger partial charge in [0.1, 0.15) is 5.69 Å². The molecule has 2 rings (SSSR count). The van der Waals surface area contributed by atoms with Gasteiger partial charge >= 0.3 is 0 Å². The third-order valence-corrected chi connectivity index (χ3v) is 4.20. The van der Waals surface area contributed by atoms with Crippen LogP contribution in [0.25, 0.3) is 0 Å². The molecular weight excluding hydrogens is 320 g/mol. The van der Waals surface area contributed by atoms with Gasteiger partial charge in [0.25, 0.3) is 0 Å². The van der Waals surface area contributed by atoms with E-state index in [1.165, 1.54) is 5.56 Å². The van der Waals surface area contributed by atoms with Crippen LogP contribution >= 0.6 is 15.9 Å². The first-order chi connectivity index (χ1) is 9.45. The lowest BCUT2D eigenvalue weighted by molar-refractivity contribution is 0.0971. The summed E-state index contributed by atoms with van der Waals surface area (Å²) in [5, 5.41) is 8.56. The molecule has 0 N–H and O–H groups in total. The zero-order valence-corrected chi connectivity index (χ0v) is 13.9. The van der Waals surface area contributed by atoms with Gasteiger partial charge in [0.2, 0.25) is 0 Å². The lowest BCUT2D eigenvalue weighted by atomic mass is 10.0. The molecule has 0 fully saturated rings. The highest BCUT2D eigenvalue weighted by Crippen LogP contribution is 2.20. The maximum absolute atomic E-state index is 12.4. The molecule has 108 valence electrons. The molecule has 2 aromatic heterocycles. The van der Waals surface area contributed by atoms with Gasteiger partial charge in [-0.1, -0.05) is 0 Å². The Morgan fingerprint density at radius 3 is 2.65 bits per heavy atom. The van der Waals surface area contributed by atoms with Gasteiger partial charge < -0.3 is 0 Å². The molecule has 2 heterocycles. The van der Waals surface area contributed by atoms with Gasteiger partial charge in [-0.25, -0.2) is 0 Å². The maximum Gasteiger partial charge on any atom is 0.182 e. The highest BCUT2D eigenvalue weighted by molar-refractivity contribution is 9.10. The topological polar surface area (TPSA) is 52.7 Å². The molecule has 0 unspecified atom stereocenters. The van der Waals surface area contributed by atoms with Crippen LogP contribution in [0.2, 0.25) is 0 Å². The Hall–Kier alpha value is -1.43. The summed E-state index contributed by atoms with van der Waals surface area (Å²) in [7, 11) is 1.93. The summed E-state index contributed by atoms with van der Waals surface area (Å²) in [5.74, 6) is 0.110. The van der Waals surface area contributed by atoms with Crippen molar-refractivity contribution >= 4 is 21.7 Å². The van der Waals surface area contributed by atoms with Crippen LogP contribution in [-0.4, -0.2) is 25.3 Å². The van der Waals surface area contributed by atoms with E-state index in [0.29, 0.717) is 25.1 Å². The molecule has 0 spiro atoms. The molecule has 20 heavy (non-hydrogen) atoms. The highest BCUT2D eigenvalue weighted by Gasteiger charge is 2.18. The molecule has 5 nitrogen and oxygen atoms in total. The minimum atomic E-state index is 0.110. The van der Waals surface area contributed by atoms with Crippen molar-refractivity contribution in [1.82, 2.24) is 19.6 Å². The highest BCUT2D eigenvalue weighted by atomic mass is 79.9. The second-order valence-corrected chi connectivity index (χ2v) is 5.71. The lowest BCUT2D eigenvalue weighted by Crippen LogP contribution is -2.11. The number of aromatic nitrogens is 4. The first-order valence-corrected chi connectivity index (χ1v) is 7.48. The van der Waals surface area contributed by atoms with Crippen molar-refractivity contribution in [3.05, 3.63) is 33.3 Å².